The Morgan fingerprint density at radius 1 is 1.03 bits per heavy atom. The van der Waals surface area contributed by atoms with Crippen LogP contribution in [0.4, 0.5) is 5.69 Å². The standard InChI is InChI=1S/C22H22N2O7/c1-13(17-6-9-19-20(10-17)29-12-28-19)24-30-11-21(26)31-15(3)22(27)23-18-7-4-16(5-8-18)14(2)25/h4-10,15H,11-12H2,1-3H3,(H,23,27)/b24-13-. The lowest BCUT2D eigenvalue weighted by Crippen LogP contribution is -2.31. The minimum atomic E-state index is -1.04. The Kier molecular flexibility index (Phi) is 6.86. The number of amides is 1. The van der Waals surface area contributed by atoms with Crippen LogP contribution in [0.2, 0.25) is 0 Å². The van der Waals surface area contributed by atoms with Crippen LogP contribution in [0.25, 0.3) is 0 Å². The first-order valence-electron chi connectivity index (χ1n) is 9.51. The molecular formula is C22H22N2O7. The fourth-order valence-electron chi connectivity index (χ4n) is 2.67. The van der Waals surface area contributed by atoms with Crippen LogP contribution in [0.15, 0.2) is 47.6 Å². The smallest absolute Gasteiger partial charge is 0.347 e. The first kappa shape index (κ1) is 21.8. The van der Waals surface area contributed by atoms with Gasteiger partial charge in [-0.05, 0) is 63.2 Å². The van der Waals surface area contributed by atoms with Crippen LogP contribution < -0.4 is 14.8 Å². The Hall–Kier alpha value is -3.88. The molecule has 0 bridgehead atoms. The summed E-state index contributed by atoms with van der Waals surface area (Å²) in [7, 11) is 0. The lowest BCUT2D eigenvalue weighted by molar-refractivity contribution is -0.157. The number of anilines is 1. The normalized spacial score (nSPS) is 13.3. The molecule has 1 unspecified atom stereocenters. The molecule has 0 aromatic heterocycles. The number of ether oxygens (including phenoxy) is 3. The number of Topliss-reactive ketones (excluding diaryl/α,β-unsaturated/α-hetero) is 1. The van der Waals surface area contributed by atoms with Crippen molar-refractivity contribution >= 4 is 29.1 Å². The molecule has 1 amide bonds. The van der Waals surface area contributed by atoms with E-state index in [-0.39, 0.29) is 12.6 Å². The van der Waals surface area contributed by atoms with Crippen molar-refractivity contribution in [3.63, 3.8) is 0 Å². The SMILES string of the molecule is CC(=O)c1ccc(NC(=O)C(C)OC(=O)CO/N=C(/C)c2ccc3c(c2)OCO3)cc1. The molecule has 162 valence electrons. The maximum atomic E-state index is 12.2. The lowest BCUT2D eigenvalue weighted by Gasteiger charge is -2.13. The van der Waals surface area contributed by atoms with Gasteiger partial charge in [-0.15, -0.1) is 0 Å². The van der Waals surface area contributed by atoms with Crippen LogP contribution in [-0.4, -0.2) is 42.9 Å². The Morgan fingerprint density at radius 2 is 1.71 bits per heavy atom. The minimum Gasteiger partial charge on any atom is -0.454 e. The van der Waals surface area contributed by atoms with Gasteiger partial charge in [0.1, 0.15) is 0 Å². The molecule has 9 nitrogen and oxygen atoms in total. The number of carbonyl (C=O) groups is 3. The predicted octanol–water partition coefficient (Wildman–Crippen LogP) is 2.93. The zero-order chi connectivity index (χ0) is 22.4. The Bertz CT molecular complexity index is 1020. The van der Waals surface area contributed by atoms with Gasteiger partial charge in [0.15, 0.2) is 23.4 Å². The highest BCUT2D eigenvalue weighted by molar-refractivity contribution is 5.99. The van der Waals surface area contributed by atoms with Crippen LogP contribution in [0.3, 0.4) is 0 Å². The molecule has 1 N–H and O–H groups in total. The second-order valence-corrected chi connectivity index (χ2v) is 6.77. The number of hydrogen-bond donors (Lipinski definition) is 1. The van der Waals surface area contributed by atoms with Crippen molar-refractivity contribution in [3.8, 4) is 11.5 Å². The maximum absolute atomic E-state index is 12.2. The molecule has 0 saturated carbocycles. The molecule has 1 atom stereocenters. The van der Waals surface area contributed by atoms with E-state index in [2.05, 4.69) is 10.5 Å². The topological polar surface area (TPSA) is 113 Å². The van der Waals surface area contributed by atoms with Gasteiger partial charge in [0, 0.05) is 16.8 Å². The summed E-state index contributed by atoms with van der Waals surface area (Å²) in [6.45, 7) is 4.34. The van der Waals surface area contributed by atoms with Crippen LogP contribution in [0.5, 0.6) is 11.5 Å². The molecule has 9 heteroatoms. The summed E-state index contributed by atoms with van der Waals surface area (Å²) in [5, 5.41) is 6.51. The van der Waals surface area contributed by atoms with Crippen LogP contribution in [0, 0.1) is 0 Å². The molecule has 0 radical (unpaired) electrons. The molecule has 2 aromatic carbocycles. The fraction of sp³-hybridized carbons (Fsp3) is 0.273. The zero-order valence-corrected chi connectivity index (χ0v) is 17.3. The molecule has 1 heterocycles. The van der Waals surface area contributed by atoms with E-state index < -0.39 is 24.6 Å². The summed E-state index contributed by atoms with van der Waals surface area (Å²) >= 11 is 0. The molecule has 31 heavy (non-hydrogen) atoms. The molecule has 0 fully saturated rings. The summed E-state index contributed by atoms with van der Waals surface area (Å²) in [4.78, 5) is 40.4. The van der Waals surface area contributed by atoms with Crippen molar-refractivity contribution in [3.05, 3.63) is 53.6 Å². The van der Waals surface area contributed by atoms with Crippen molar-refractivity contribution in [1.82, 2.24) is 0 Å². The quantitative estimate of drug-likeness (QED) is 0.299. The first-order chi connectivity index (χ1) is 14.8. The number of rotatable bonds is 8. The monoisotopic (exact) mass is 426 g/mol. The average Bonchev–Trinajstić information content (AvgIpc) is 3.21. The second-order valence-electron chi connectivity index (χ2n) is 6.77. The van der Waals surface area contributed by atoms with E-state index in [9.17, 15) is 14.4 Å². The van der Waals surface area contributed by atoms with E-state index in [1.165, 1.54) is 13.8 Å². The van der Waals surface area contributed by atoms with Gasteiger partial charge in [-0.2, -0.15) is 0 Å². The summed E-state index contributed by atoms with van der Waals surface area (Å²) in [6, 6.07) is 11.7. The van der Waals surface area contributed by atoms with Crippen LogP contribution in [0.1, 0.15) is 36.7 Å². The van der Waals surface area contributed by atoms with Gasteiger partial charge in [0.2, 0.25) is 13.4 Å². The van der Waals surface area contributed by atoms with E-state index in [1.54, 1.807) is 49.4 Å². The van der Waals surface area contributed by atoms with Gasteiger partial charge in [0.05, 0.1) is 5.71 Å². The van der Waals surface area contributed by atoms with Gasteiger partial charge >= 0.3 is 5.97 Å². The number of oxime groups is 1. The highest BCUT2D eigenvalue weighted by Crippen LogP contribution is 2.32. The molecular weight excluding hydrogens is 404 g/mol. The minimum absolute atomic E-state index is 0.0726. The summed E-state index contributed by atoms with van der Waals surface area (Å²) in [6.07, 6.45) is -1.04. The third-order valence-corrected chi connectivity index (χ3v) is 4.41. The lowest BCUT2D eigenvalue weighted by atomic mass is 10.1. The Morgan fingerprint density at radius 3 is 2.42 bits per heavy atom. The average molecular weight is 426 g/mol. The highest BCUT2D eigenvalue weighted by atomic mass is 16.7. The van der Waals surface area contributed by atoms with Gasteiger partial charge in [0.25, 0.3) is 5.91 Å². The highest BCUT2D eigenvalue weighted by Gasteiger charge is 2.19. The summed E-state index contributed by atoms with van der Waals surface area (Å²) in [5.74, 6) is -0.0530. The van der Waals surface area contributed by atoms with Crippen molar-refractivity contribution < 1.29 is 33.4 Å². The number of esters is 1. The van der Waals surface area contributed by atoms with Gasteiger partial charge in [-0.1, -0.05) is 5.16 Å². The largest absolute Gasteiger partial charge is 0.454 e. The van der Waals surface area contributed by atoms with E-state index in [4.69, 9.17) is 19.0 Å². The summed E-state index contributed by atoms with van der Waals surface area (Å²) in [5.41, 5.74) is 2.30. The van der Waals surface area contributed by atoms with E-state index >= 15 is 0 Å². The Balaban J connectivity index is 1.45. The maximum Gasteiger partial charge on any atom is 0.347 e. The number of nitrogens with one attached hydrogen (secondary N) is 1. The van der Waals surface area contributed by atoms with Crippen LogP contribution >= 0.6 is 0 Å². The Labute approximate surface area is 178 Å². The van der Waals surface area contributed by atoms with E-state index in [0.717, 1.165) is 5.56 Å². The number of benzene rings is 2. The molecule has 0 saturated heterocycles. The number of carbonyl (C=O) groups excluding carboxylic acids is 3. The molecule has 0 spiro atoms. The van der Waals surface area contributed by atoms with Gasteiger partial charge in [-0.3, -0.25) is 9.59 Å². The second kappa shape index (κ2) is 9.75. The number of fused-ring (bicyclic) bond motifs is 1. The first-order valence-corrected chi connectivity index (χ1v) is 9.51. The molecule has 0 aliphatic carbocycles. The molecule has 2 aromatic rings. The summed E-state index contributed by atoms with van der Waals surface area (Å²) < 4.78 is 15.6. The van der Waals surface area contributed by atoms with Crippen molar-refractivity contribution in [2.45, 2.75) is 26.9 Å². The third kappa shape index (κ3) is 5.81. The van der Waals surface area contributed by atoms with Crippen molar-refractivity contribution in [2.24, 2.45) is 5.16 Å². The molecule has 1 aliphatic heterocycles. The van der Waals surface area contributed by atoms with Crippen molar-refractivity contribution in [2.75, 3.05) is 18.7 Å². The molecule has 1 aliphatic rings. The third-order valence-electron chi connectivity index (χ3n) is 4.41. The number of ketones is 1. The molecule has 3 rings (SSSR count). The van der Waals surface area contributed by atoms with E-state index in [0.29, 0.717) is 28.5 Å². The predicted molar refractivity (Wildman–Crippen MR) is 111 cm³/mol. The van der Waals surface area contributed by atoms with Gasteiger partial charge in [-0.25, -0.2) is 4.79 Å². The van der Waals surface area contributed by atoms with Crippen molar-refractivity contribution in [1.29, 1.82) is 0 Å². The number of hydrogen-bond acceptors (Lipinski definition) is 8. The van der Waals surface area contributed by atoms with Gasteiger partial charge < -0.3 is 24.4 Å². The number of nitrogens with zero attached hydrogens (tertiary/aromatic N) is 1. The van der Waals surface area contributed by atoms with Crippen LogP contribution in [-0.2, 0) is 19.2 Å². The fourth-order valence-corrected chi connectivity index (χ4v) is 2.67. The zero-order valence-electron chi connectivity index (χ0n) is 17.3. The van der Waals surface area contributed by atoms with E-state index in [1.807, 2.05) is 0 Å².